The number of carboxylic acid groups (broad SMARTS) is 1. The summed E-state index contributed by atoms with van der Waals surface area (Å²) in [5.41, 5.74) is 0.155. The Balaban J connectivity index is 3.13. The molecule has 0 spiro atoms. The second-order valence-electron chi connectivity index (χ2n) is 4.09. The molecule has 0 fully saturated rings. The number of hydrogen-bond donors (Lipinski definition) is 1. The number of aryl methyl sites for hydroxylation is 1. The summed E-state index contributed by atoms with van der Waals surface area (Å²) in [6.07, 6.45) is 4.36. The van der Waals surface area contributed by atoms with E-state index in [0.717, 1.165) is 12.2 Å². The van der Waals surface area contributed by atoms with E-state index in [0.29, 0.717) is 11.6 Å². The number of anilines is 1. The topological polar surface area (TPSA) is 66.3 Å². The van der Waals surface area contributed by atoms with E-state index in [1.54, 1.807) is 18.7 Å². The van der Waals surface area contributed by atoms with Gasteiger partial charge in [-0.3, -0.25) is 0 Å². The summed E-state index contributed by atoms with van der Waals surface area (Å²) in [4.78, 5) is 21.4. The summed E-state index contributed by atoms with van der Waals surface area (Å²) in [5.74, 6) is 1.03. The van der Waals surface area contributed by atoms with Crippen LogP contribution in [0.25, 0.3) is 0 Å². The van der Waals surface area contributed by atoms with Crippen molar-refractivity contribution < 1.29 is 9.90 Å². The molecule has 0 radical (unpaired) electrons. The smallest absolute Gasteiger partial charge is 0.341 e. The van der Waals surface area contributed by atoms with Crippen LogP contribution >= 0.6 is 11.8 Å². The van der Waals surface area contributed by atoms with Gasteiger partial charge in [0.1, 0.15) is 17.2 Å². The van der Waals surface area contributed by atoms with E-state index in [1.165, 1.54) is 6.20 Å². The largest absolute Gasteiger partial charge is 0.477 e. The summed E-state index contributed by atoms with van der Waals surface area (Å²) in [6.45, 7) is 3.85. The van der Waals surface area contributed by atoms with Gasteiger partial charge in [0.15, 0.2) is 0 Å². The molecule has 1 rings (SSSR count). The standard InChI is InChI=1S/C12H19N3O2S/c1-5-9(7-18-4)15(3)11-10(12(16)17)6-13-8(2)14-11/h6,9H,5,7H2,1-4H3,(H,16,17). The Morgan fingerprint density at radius 2 is 2.28 bits per heavy atom. The predicted octanol–water partition coefficient (Wildman–Crippen LogP) is 2.06. The van der Waals surface area contributed by atoms with Crippen LogP contribution in [0.3, 0.4) is 0 Å². The normalized spacial score (nSPS) is 12.2. The first kappa shape index (κ1) is 14.8. The van der Waals surface area contributed by atoms with Crippen LogP contribution in [0.4, 0.5) is 5.82 Å². The highest BCUT2D eigenvalue weighted by atomic mass is 32.2. The number of carbonyl (C=O) groups is 1. The Hall–Kier alpha value is -1.30. The van der Waals surface area contributed by atoms with Gasteiger partial charge in [-0.1, -0.05) is 6.92 Å². The van der Waals surface area contributed by atoms with Crippen molar-refractivity contribution in [1.82, 2.24) is 9.97 Å². The van der Waals surface area contributed by atoms with Crippen LogP contribution in [0.1, 0.15) is 29.5 Å². The quantitative estimate of drug-likeness (QED) is 0.852. The van der Waals surface area contributed by atoms with Gasteiger partial charge in [-0.15, -0.1) is 0 Å². The van der Waals surface area contributed by atoms with Crippen LogP contribution < -0.4 is 4.90 Å². The zero-order chi connectivity index (χ0) is 13.7. The monoisotopic (exact) mass is 269 g/mol. The number of aromatic nitrogens is 2. The molecule has 0 bridgehead atoms. The molecule has 18 heavy (non-hydrogen) atoms. The zero-order valence-corrected chi connectivity index (χ0v) is 12.0. The lowest BCUT2D eigenvalue weighted by molar-refractivity contribution is 0.0696. The Labute approximate surface area is 112 Å². The van der Waals surface area contributed by atoms with E-state index in [4.69, 9.17) is 0 Å². The molecule has 0 aliphatic carbocycles. The summed E-state index contributed by atoms with van der Waals surface area (Å²) in [7, 11) is 1.89. The van der Waals surface area contributed by atoms with E-state index in [1.807, 2.05) is 18.2 Å². The molecule has 0 saturated heterocycles. The Morgan fingerprint density at radius 3 is 2.78 bits per heavy atom. The van der Waals surface area contributed by atoms with Crippen molar-refractivity contribution in [2.24, 2.45) is 0 Å². The van der Waals surface area contributed by atoms with Gasteiger partial charge in [0.05, 0.1) is 0 Å². The average Bonchev–Trinajstić information content (AvgIpc) is 2.34. The molecule has 0 aliphatic rings. The van der Waals surface area contributed by atoms with Crippen LogP contribution in [-0.2, 0) is 0 Å². The Bertz CT molecular complexity index is 426. The summed E-state index contributed by atoms with van der Waals surface area (Å²) in [5, 5.41) is 9.18. The molecule has 1 atom stereocenters. The van der Waals surface area contributed by atoms with Crippen LogP contribution in [0.2, 0.25) is 0 Å². The minimum Gasteiger partial charge on any atom is -0.477 e. The number of nitrogens with zero attached hydrogens (tertiary/aromatic N) is 3. The fourth-order valence-corrected chi connectivity index (χ4v) is 2.59. The second kappa shape index (κ2) is 6.58. The van der Waals surface area contributed by atoms with E-state index in [9.17, 15) is 9.90 Å². The maximum atomic E-state index is 11.2. The van der Waals surface area contributed by atoms with Gasteiger partial charge >= 0.3 is 5.97 Å². The molecule has 5 nitrogen and oxygen atoms in total. The van der Waals surface area contributed by atoms with Crippen molar-refractivity contribution >= 4 is 23.5 Å². The van der Waals surface area contributed by atoms with Crippen LogP contribution in [0, 0.1) is 6.92 Å². The van der Waals surface area contributed by atoms with Crippen molar-refractivity contribution in [3.8, 4) is 0 Å². The molecule has 1 unspecified atom stereocenters. The van der Waals surface area contributed by atoms with Crippen molar-refractivity contribution in [3.63, 3.8) is 0 Å². The lowest BCUT2D eigenvalue weighted by Gasteiger charge is -2.28. The van der Waals surface area contributed by atoms with Gasteiger partial charge in [-0.05, 0) is 19.6 Å². The maximum Gasteiger partial charge on any atom is 0.341 e. The third kappa shape index (κ3) is 3.35. The van der Waals surface area contributed by atoms with E-state index >= 15 is 0 Å². The minimum absolute atomic E-state index is 0.155. The molecule has 0 aliphatic heterocycles. The first-order chi connectivity index (χ1) is 8.51. The first-order valence-corrected chi connectivity index (χ1v) is 7.19. The highest BCUT2D eigenvalue weighted by Gasteiger charge is 2.21. The van der Waals surface area contributed by atoms with Gasteiger partial charge in [0, 0.05) is 25.0 Å². The molecule has 100 valence electrons. The van der Waals surface area contributed by atoms with Crippen molar-refractivity contribution in [2.75, 3.05) is 24.0 Å². The molecule has 0 saturated carbocycles. The predicted molar refractivity (Wildman–Crippen MR) is 74.6 cm³/mol. The molecule has 6 heteroatoms. The lowest BCUT2D eigenvalue weighted by atomic mass is 10.2. The number of aromatic carboxylic acids is 1. The van der Waals surface area contributed by atoms with Gasteiger partial charge in [-0.2, -0.15) is 11.8 Å². The SMILES string of the molecule is CCC(CSC)N(C)c1nc(C)ncc1C(=O)O. The maximum absolute atomic E-state index is 11.2. The fraction of sp³-hybridized carbons (Fsp3) is 0.583. The van der Waals surface area contributed by atoms with Crippen molar-refractivity contribution in [2.45, 2.75) is 26.3 Å². The molecular weight excluding hydrogens is 250 g/mol. The average molecular weight is 269 g/mol. The minimum atomic E-state index is -0.990. The van der Waals surface area contributed by atoms with Gasteiger partial charge in [0.25, 0.3) is 0 Å². The van der Waals surface area contributed by atoms with Crippen LogP contribution in [0.5, 0.6) is 0 Å². The molecular formula is C12H19N3O2S. The highest BCUT2D eigenvalue weighted by Crippen LogP contribution is 2.21. The third-order valence-corrected chi connectivity index (χ3v) is 3.55. The summed E-state index contributed by atoms with van der Waals surface area (Å²) in [6, 6.07) is 0.271. The third-order valence-electron chi connectivity index (χ3n) is 2.83. The molecule has 1 aromatic heterocycles. The van der Waals surface area contributed by atoms with Gasteiger partial charge < -0.3 is 10.0 Å². The van der Waals surface area contributed by atoms with E-state index < -0.39 is 5.97 Å². The number of thioether (sulfide) groups is 1. The first-order valence-electron chi connectivity index (χ1n) is 5.79. The number of rotatable bonds is 6. The second-order valence-corrected chi connectivity index (χ2v) is 5.00. The summed E-state index contributed by atoms with van der Waals surface area (Å²) < 4.78 is 0. The Kier molecular flexibility index (Phi) is 5.40. The van der Waals surface area contributed by atoms with Gasteiger partial charge in [0.2, 0.25) is 0 Å². The van der Waals surface area contributed by atoms with E-state index in [-0.39, 0.29) is 11.6 Å². The molecule has 1 N–H and O–H groups in total. The van der Waals surface area contributed by atoms with Crippen molar-refractivity contribution in [3.05, 3.63) is 17.6 Å². The van der Waals surface area contributed by atoms with Crippen LogP contribution in [0.15, 0.2) is 6.20 Å². The molecule has 1 heterocycles. The van der Waals surface area contributed by atoms with Gasteiger partial charge in [-0.25, -0.2) is 14.8 Å². The number of carboxylic acids is 1. The lowest BCUT2D eigenvalue weighted by Crippen LogP contribution is -2.35. The zero-order valence-electron chi connectivity index (χ0n) is 11.2. The summed E-state index contributed by atoms with van der Waals surface area (Å²) >= 11 is 1.74. The molecule has 0 amide bonds. The number of hydrogen-bond acceptors (Lipinski definition) is 5. The molecule has 0 aromatic carbocycles. The fourth-order valence-electron chi connectivity index (χ4n) is 1.75. The van der Waals surface area contributed by atoms with E-state index in [2.05, 4.69) is 16.9 Å². The van der Waals surface area contributed by atoms with Crippen molar-refractivity contribution in [1.29, 1.82) is 0 Å². The van der Waals surface area contributed by atoms with Crippen LogP contribution in [-0.4, -0.2) is 46.1 Å². The molecule has 1 aromatic rings. The highest BCUT2D eigenvalue weighted by molar-refractivity contribution is 7.98. The Morgan fingerprint density at radius 1 is 1.61 bits per heavy atom.